The van der Waals surface area contributed by atoms with E-state index in [4.69, 9.17) is 0 Å². The van der Waals surface area contributed by atoms with Crippen molar-refractivity contribution < 1.29 is 10.2 Å². The third-order valence-corrected chi connectivity index (χ3v) is 3.46. The molecule has 0 amide bonds. The van der Waals surface area contributed by atoms with Crippen molar-refractivity contribution >= 4 is 0 Å². The molecule has 0 radical (unpaired) electrons. The summed E-state index contributed by atoms with van der Waals surface area (Å²) in [4.78, 5) is 0. The number of benzene rings is 1. The van der Waals surface area contributed by atoms with E-state index >= 15 is 0 Å². The maximum atomic E-state index is 10.4. The Labute approximate surface area is 123 Å². The van der Waals surface area contributed by atoms with Crippen LogP contribution in [0.3, 0.4) is 0 Å². The molecule has 0 aliphatic carbocycles. The van der Waals surface area contributed by atoms with Gasteiger partial charge in [-0.05, 0) is 36.8 Å². The third-order valence-electron chi connectivity index (χ3n) is 3.46. The molecule has 3 atom stereocenters. The average molecular weight is 279 g/mol. The molecule has 20 heavy (non-hydrogen) atoms. The minimum atomic E-state index is -0.535. The molecular formula is C17H29NO2. The van der Waals surface area contributed by atoms with Crippen LogP contribution in [0.5, 0.6) is 0 Å². The van der Waals surface area contributed by atoms with Gasteiger partial charge in [0.1, 0.15) is 0 Å². The van der Waals surface area contributed by atoms with Crippen molar-refractivity contribution in [3.8, 4) is 0 Å². The van der Waals surface area contributed by atoms with E-state index in [1.807, 2.05) is 19.1 Å². The average Bonchev–Trinajstić information content (AvgIpc) is 2.39. The highest BCUT2D eigenvalue weighted by Crippen LogP contribution is 2.20. The zero-order valence-corrected chi connectivity index (χ0v) is 13.1. The Kier molecular flexibility index (Phi) is 7.20. The van der Waals surface area contributed by atoms with Crippen LogP contribution in [-0.4, -0.2) is 28.9 Å². The van der Waals surface area contributed by atoms with Gasteiger partial charge in [0.25, 0.3) is 0 Å². The quantitative estimate of drug-likeness (QED) is 0.686. The van der Waals surface area contributed by atoms with E-state index in [2.05, 4.69) is 31.3 Å². The fraction of sp³-hybridized carbons (Fsp3) is 0.647. The van der Waals surface area contributed by atoms with Crippen molar-refractivity contribution in [2.45, 2.75) is 58.8 Å². The Morgan fingerprint density at radius 1 is 1.05 bits per heavy atom. The summed E-state index contributed by atoms with van der Waals surface area (Å²) in [5.74, 6) is 0.641. The number of hydrogen-bond donors (Lipinski definition) is 3. The molecular weight excluding hydrogens is 250 g/mol. The van der Waals surface area contributed by atoms with Gasteiger partial charge < -0.3 is 15.5 Å². The zero-order chi connectivity index (χ0) is 15.1. The summed E-state index contributed by atoms with van der Waals surface area (Å²) in [5.41, 5.74) is 2.24. The van der Waals surface area contributed by atoms with Gasteiger partial charge in [-0.1, -0.05) is 45.0 Å². The molecule has 1 aromatic rings. The largest absolute Gasteiger partial charge is 0.392 e. The predicted octanol–water partition coefficient (Wildman–Crippen LogP) is 2.67. The number of aliphatic hydroxyl groups is 2. The van der Waals surface area contributed by atoms with Gasteiger partial charge in [-0.25, -0.2) is 0 Å². The molecule has 0 fully saturated rings. The standard InChI is InChI=1S/C17H29NO2/c1-5-16(18-11-13(4)19)17(20)15-8-6-14(7-9-15)10-12(2)3/h6-9,12-13,16-20H,5,10-11H2,1-4H3. The first kappa shape index (κ1) is 17.2. The summed E-state index contributed by atoms with van der Waals surface area (Å²) in [6.45, 7) is 8.69. The molecule has 3 unspecified atom stereocenters. The highest BCUT2D eigenvalue weighted by molar-refractivity contribution is 5.25. The summed E-state index contributed by atoms with van der Waals surface area (Å²) in [7, 11) is 0. The summed E-state index contributed by atoms with van der Waals surface area (Å²) >= 11 is 0. The van der Waals surface area contributed by atoms with E-state index < -0.39 is 12.2 Å². The lowest BCUT2D eigenvalue weighted by molar-refractivity contribution is 0.112. The molecule has 3 heteroatoms. The molecule has 0 saturated heterocycles. The van der Waals surface area contributed by atoms with E-state index in [1.165, 1.54) is 5.56 Å². The molecule has 0 saturated carbocycles. The normalized spacial score (nSPS) is 16.1. The van der Waals surface area contributed by atoms with Gasteiger partial charge in [-0.2, -0.15) is 0 Å². The Morgan fingerprint density at radius 3 is 2.10 bits per heavy atom. The number of hydrogen-bond acceptors (Lipinski definition) is 3. The first-order chi connectivity index (χ1) is 9.43. The van der Waals surface area contributed by atoms with Crippen molar-refractivity contribution in [1.29, 1.82) is 0 Å². The van der Waals surface area contributed by atoms with Crippen LogP contribution in [-0.2, 0) is 6.42 Å². The third kappa shape index (κ3) is 5.61. The van der Waals surface area contributed by atoms with Gasteiger partial charge >= 0.3 is 0 Å². The molecule has 0 bridgehead atoms. The van der Waals surface area contributed by atoms with E-state index in [-0.39, 0.29) is 6.04 Å². The molecule has 0 heterocycles. The first-order valence-corrected chi connectivity index (χ1v) is 7.62. The molecule has 0 aliphatic heterocycles. The first-order valence-electron chi connectivity index (χ1n) is 7.62. The second-order valence-electron chi connectivity index (χ2n) is 6.06. The fourth-order valence-electron chi connectivity index (χ4n) is 2.36. The minimum Gasteiger partial charge on any atom is -0.392 e. The summed E-state index contributed by atoms with van der Waals surface area (Å²) in [6.07, 6.45) is 0.951. The molecule has 0 aliphatic rings. The van der Waals surface area contributed by atoms with Gasteiger partial charge in [0.2, 0.25) is 0 Å². The van der Waals surface area contributed by atoms with Crippen molar-refractivity contribution in [3.63, 3.8) is 0 Å². The smallest absolute Gasteiger partial charge is 0.0942 e. The van der Waals surface area contributed by atoms with E-state index in [0.717, 1.165) is 18.4 Å². The van der Waals surface area contributed by atoms with Crippen LogP contribution in [0.2, 0.25) is 0 Å². The Hall–Kier alpha value is -0.900. The van der Waals surface area contributed by atoms with Crippen LogP contribution < -0.4 is 5.32 Å². The van der Waals surface area contributed by atoms with Crippen LogP contribution in [0.4, 0.5) is 0 Å². The van der Waals surface area contributed by atoms with Gasteiger partial charge in [0, 0.05) is 12.6 Å². The van der Waals surface area contributed by atoms with Crippen molar-refractivity contribution in [2.75, 3.05) is 6.54 Å². The number of nitrogens with one attached hydrogen (secondary N) is 1. The summed E-state index contributed by atoms with van der Waals surface area (Å²) in [5, 5.41) is 23.0. The number of rotatable bonds is 8. The summed E-state index contributed by atoms with van der Waals surface area (Å²) < 4.78 is 0. The Morgan fingerprint density at radius 2 is 1.65 bits per heavy atom. The van der Waals surface area contributed by atoms with Crippen molar-refractivity contribution in [1.82, 2.24) is 5.32 Å². The second kappa shape index (κ2) is 8.40. The minimum absolute atomic E-state index is 0.0273. The van der Waals surface area contributed by atoms with E-state index in [9.17, 15) is 10.2 Å². The van der Waals surface area contributed by atoms with Crippen LogP contribution >= 0.6 is 0 Å². The SMILES string of the molecule is CCC(NCC(C)O)C(O)c1ccc(CC(C)C)cc1. The molecule has 114 valence electrons. The van der Waals surface area contributed by atoms with Crippen LogP contribution in [0.15, 0.2) is 24.3 Å². The van der Waals surface area contributed by atoms with Gasteiger partial charge in [-0.3, -0.25) is 0 Å². The lowest BCUT2D eigenvalue weighted by atomic mass is 9.96. The van der Waals surface area contributed by atoms with Gasteiger partial charge in [-0.15, -0.1) is 0 Å². The Balaban J connectivity index is 2.66. The predicted molar refractivity (Wildman–Crippen MR) is 83.7 cm³/mol. The molecule has 3 nitrogen and oxygen atoms in total. The van der Waals surface area contributed by atoms with Crippen molar-refractivity contribution in [3.05, 3.63) is 35.4 Å². The second-order valence-corrected chi connectivity index (χ2v) is 6.06. The number of aliphatic hydroxyl groups excluding tert-OH is 2. The molecule has 1 aromatic carbocycles. The highest BCUT2D eigenvalue weighted by Gasteiger charge is 2.19. The molecule has 0 spiro atoms. The van der Waals surface area contributed by atoms with Crippen LogP contribution in [0.1, 0.15) is 51.3 Å². The zero-order valence-electron chi connectivity index (χ0n) is 13.1. The lowest BCUT2D eigenvalue weighted by Gasteiger charge is -2.24. The van der Waals surface area contributed by atoms with E-state index in [0.29, 0.717) is 12.5 Å². The lowest BCUT2D eigenvalue weighted by Crippen LogP contribution is -2.38. The molecule has 3 N–H and O–H groups in total. The maximum Gasteiger partial charge on any atom is 0.0942 e. The van der Waals surface area contributed by atoms with Gasteiger partial charge in [0.05, 0.1) is 12.2 Å². The molecule has 1 rings (SSSR count). The van der Waals surface area contributed by atoms with Crippen LogP contribution in [0, 0.1) is 5.92 Å². The molecule has 0 aromatic heterocycles. The Bertz CT molecular complexity index is 373. The van der Waals surface area contributed by atoms with Gasteiger partial charge in [0.15, 0.2) is 0 Å². The topological polar surface area (TPSA) is 52.5 Å². The maximum absolute atomic E-state index is 10.4. The van der Waals surface area contributed by atoms with Crippen LogP contribution in [0.25, 0.3) is 0 Å². The van der Waals surface area contributed by atoms with E-state index in [1.54, 1.807) is 6.92 Å². The summed E-state index contributed by atoms with van der Waals surface area (Å²) in [6, 6.07) is 8.19. The fourth-order valence-corrected chi connectivity index (χ4v) is 2.36. The highest BCUT2D eigenvalue weighted by atomic mass is 16.3. The monoisotopic (exact) mass is 279 g/mol. The van der Waals surface area contributed by atoms with Crippen molar-refractivity contribution in [2.24, 2.45) is 5.92 Å².